The fourth-order valence-corrected chi connectivity index (χ4v) is 4.78. The van der Waals surface area contributed by atoms with Crippen molar-refractivity contribution in [3.63, 3.8) is 0 Å². The number of unbranched alkanes of at least 4 members (excludes halogenated alkanes) is 3. The Morgan fingerprint density at radius 3 is 2.18 bits per heavy atom. The smallest absolute Gasteiger partial charge is 0.128 e. The van der Waals surface area contributed by atoms with Crippen LogP contribution < -0.4 is 9.47 Å². The van der Waals surface area contributed by atoms with Crippen LogP contribution in [0.4, 0.5) is 0 Å². The van der Waals surface area contributed by atoms with Crippen molar-refractivity contribution in [2.24, 2.45) is 5.92 Å². The zero-order valence-electron chi connectivity index (χ0n) is 18.7. The Balaban J connectivity index is 2.41. The molecule has 0 amide bonds. The van der Waals surface area contributed by atoms with E-state index in [1.165, 1.54) is 25.7 Å². The van der Waals surface area contributed by atoms with Crippen molar-refractivity contribution < 1.29 is 19.7 Å². The Labute approximate surface area is 171 Å². The Morgan fingerprint density at radius 2 is 1.68 bits per heavy atom. The van der Waals surface area contributed by atoms with Gasteiger partial charge in [-0.05, 0) is 48.3 Å². The first-order chi connectivity index (χ1) is 13.2. The highest BCUT2D eigenvalue weighted by Crippen LogP contribution is 2.49. The molecule has 28 heavy (non-hydrogen) atoms. The Hall–Kier alpha value is -1.26. The molecule has 1 aliphatic rings. The molecule has 0 aromatic heterocycles. The average molecular weight is 393 g/mol. The predicted molar refractivity (Wildman–Crippen MR) is 114 cm³/mol. The molecule has 3 atom stereocenters. The minimum atomic E-state index is -1.14. The molecule has 0 bridgehead atoms. The van der Waals surface area contributed by atoms with E-state index in [0.717, 1.165) is 18.4 Å². The highest BCUT2D eigenvalue weighted by atomic mass is 16.5. The topological polar surface area (TPSA) is 58.9 Å². The van der Waals surface area contributed by atoms with Gasteiger partial charge in [0.1, 0.15) is 11.5 Å². The first-order valence-corrected chi connectivity index (χ1v) is 10.8. The van der Waals surface area contributed by atoms with Crippen molar-refractivity contribution in [3.8, 4) is 11.5 Å². The van der Waals surface area contributed by atoms with Crippen LogP contribution in [-0.2, 0) is 11.0 Å². The molecule has 4 nitrogen and oxygen atoms in total. The number of ether oxygens (including phenoxy) is 2. The van der Waals surface area contributed by atoms with Gasteiger partial charge in [0, 0.05) is 6.42 Å². The highest BCUT2D eigenvalue weighted by Gasteiger charge is 2.43. The number of benzene rings is 1. The van der Waals surface area contributed by atoms with Crippen LogP contribution in [-0.4, -0.2) is 30.5 Å². The van der Waals surface area contributed by atoms with E-state index < -0.39 is 11.7 Å². The van der Waals surface area contributed by atoms with Gasteiger partial charge in [-0.25, -0.2) is 0 Å². The van der Waals surface area contributed by atoms with Crippen LogP contribution in [0.25, 0.3) is 0 Å². The van der Waals surface area contributed by atoms with Gasteiger partial charge >= 0.3 is 0 Å². The minimum Gasteiger partial charge on any atom is -0.496 e. The lowest BCUT2D eigenvalue weighted by atomic mass is 9.72. The van der Waals surface area contributed by atoms with Gasteiger partial charge in [0.2, 0.25) is 0 Å². The third-order valence-corrected chi connectivity index (χ3v) is 6.34. The Morgan fingerprint density at radius 1 is 1.07 bits per heavy atom. The number of rotatable bonds is 9. The minimum absolute atomic E-state index is 0.00514. The third kappa shape index (κ3) is 5.21. The maximum absolute atomic E-state index is 11.5. The molecule has 1 fully saturated rings. The van der Waals surface area contributed by atoms with Gasteiger partial charge in [0.05, 0.1) is 31.5 Å². The number of hydrogen-bond donors (Lipinski definition) is 2. The molecule has 0 radical (unpaired) electrons. The van der Waals surface area contributed by atoms with Gasteiger partial charge in [-0.1, -0.05) is 53.4 Å². The van der Waals surface area contributed by atoms with E-state index in [0.29, 0.717) is 29.9 Å². The van der Waals surface area contributed by atoms with Gasteiger partial charge in [-0.2, -0.15) is 0 Å². The number of hydrogen-bond acceptors (Lipinski definition) is 4. The van der Waals surface area contributed by atoms with Crippen LogP contribution in [0, 0.1) is 5.92 Å². The van der Waals surface area contributed by atoms with Gasteiger partial charge in [-0.15, -0.1) is 0 Å². The SMILES string of the molecule is CCCCCCC(C)(C)c1cc(OC)c(C2(O)CC(C)CC(O)C2)c(OC)c1. The molecule has 0 heterocycles. The van der Waals surface area contributed by atoms with E-state index in [-0.39, 0.29) is 11.3 Å². The largest absolute Gasteiger partial charge is 0.496 e. The van der Waals surface area contributed by atoms with E-state index in [4.69, 9.17) is 9.47 Å². The molecular formula is C24H40O4. The molecule has 0 saturated heterocycles. The molecule has 160 valence electrons. The van der Waals surface area contributed by atoms with Crippen molar-refractivity contribution >= 4 is 0 Å². The zero-order valence-corrected chi connectivity index (χ0v) is 18.7. The Bertz CT molecular complexity index is 602. The van der Waals surface area contributed by atoms with Crippen LogP contribution >= 0.6 is 0 Å². The standard InChI is InChI=1S/C24H40O4/c1-7-8-9-10-11-23(3,4)18-13-20(27-5)22(21(14-18)28-6)24(26)15-17(2)12-19(25)16-24/h13-14,17,19,25-26H,7-12,15-16H2,1-6H3. The molecule has 1 saturated carbocycles. The van der Waals surface area contributed by atoms with Crippen molar-refractivity contribution in [2.75, 3.05) is 14.2 Å². The van der Waals surface area contributed by atoms with E-state index in [9.17, 15) is 10.2 Å². The summed E-state index contributed by atoms with van der Waals surface area (Å²) in [5.74, 6) is 1.54. The average Bonchev–Trinajstić information content (AvgIpc) is 2.62. The van der Waals surface area contributed by atoms with E-state index in [2.05, 4.69) is 39.8 Å². The quantitative estimate of drug-likeness (QED) is 0.558. The lowest BCUT2D eigenvalue weighted by Gasteiger charge is -2.40. The summed E-state index contributed by atoms with van der Waals surface area (Å²) in [6, 6.07) is 4.11. The van der Waals surface area contributed by atoms with Gasteiger partial charge in [0.15, 0.2) is 0 Å². The molecule has 2 N–H and O–H groups in total. The second kappa shape index (κ2) is 9.49. The molecule has 0 aliphatic heterocycles. The van der Waals surface area contributed by atoms with Crippen LogP contribution in [0.5, 0.6) is 11.5 Å². The predicted octanol–water partition coefficient (Wildman–Crippen LogP) is 5.32. The maximum Gasteiger partial charge on any atom is 0.128 e. The van der Waals surface area contributed by atoms with Gasteiger partial charge in [-0.3, -0.25) is 0 Å². The summed E-state index contributed by atoms with van der Waals surface area (Å²) < 4.78 is 11.5. The monoisotopic (exact) mass is 392 g/mol. The molecule has 1 aliphatic carbocycles. The molecular weight excluding hydrogens is 352 g/mol. The number of aliphatic hydroxyl groups excluding tert-OH is 1. The van der Waals surface area contributed by atoms with Gasteiger partial charge < -0.3 is 19.7 Å². The van der Waals surface area contributed by atoms with Crippen LogP contribution in [0.3, 0.4) is 0 Å². The van der Waals surface area contributed by atoms with Crippen LogP contribution in [0.1, 0.15) is 90.2 Å². The Kier molecular flexibility index (Phi) is 7.81. The molecule has 3 unspecified atom stereocenters. The lowest BCUT2D eigenvalue weighted by molar-refractivity contribution is -0.0699. The summed E-state index contributed by atoms with van der Waals surface area (Å²) in [7, 11) is 3.28. The lowest BCUT2D eigenvalue weighted by Crippen LogP contribution is -2.39. The van der Waals surface area contributed by atoms with Crippen molar-refractivity contribution in [2.45, 2.75) is 96.2 Å². The summed E-state index contributed by atoms with van der Waals surface area (Å²) in [6.07, 6.45) is 7.16. The summed E-state index contributed by atoms with van der Waals surface area (Å²) in [6.45, 7) is 8.81. The number of aliphatic hydroxyl groups is 2. The number of methoxy groups -OCH3 is 2. The summed E-state index contributed by atoms with van der Waals surface area (Å²) in [5, 5.41) is 21.8. The molecule has 0 spiro atoms. The maximum atomic E-state index is 11.5. The van der Waals surface area contributed by atoms with Crippen molar-refractivity contribution in [1.82, 2.24) is 0 Å². The molecule has 1 aromatic rings. The second-order valence-corrected chi connectivity index (χ2v) is 9.38. The first kappa shape index (κ1) is 23.0. The molecule has 4 heteroatoms. The summed E-state index contributed by atoms with van der Waals surface area (Å²) >= 11 is 0. The first-order valence-electron chi connectivity index (χ1n) is 10.8. The third-order valence-electron chi connectivity index (χ3n) is 6.34. The van der Waals surface area contributed by atoms with Crippen molar-refractivity contribution in [3.05, 3.63) is 23.3 Å². The summed E-state index contributed by atoms with van der Waals surface area (Å²) in [4.78, 5) is 0. The molecule has 2 rings (SSSR count). The van der Waals surface area contributed by atoms with E-state index in [1.807, 2.05) is 0 Å². The van der Waals surface area contributed by atoms with E-state index in [1.54, 1.807) is 14.2 Å². The fraction of sp³-hybridized carbons (Fsp3) is 0.750. The highest BCUT2D eigenvalue weighted by molar-refractivity contribution is 5.53. The fourth-order valence-electron chi connectivity index (χ4n) is 4.78. The van der Waals surface area contributed by atoms with E-state index >= 15 is 0 Å². The molecule has 1 aromatic carbocycles. The van der Waals surface area contributed by atoms with Crippen LogP contribution in [0.15, 0.2) is 12.1 Å². The summed E-state index contributed by atoms with van der Waals surface area (Å²) in [5.41, 5.74) is 0.690. The zero-order chi connectivity index (χ0) is 20.9. The normalized spacial score (nSPS) is 25.6. The van der Waals surface area contributed by atoms with Crippen LogP contribution in [0.2, 0.25) is 0 Å². The van der Waals surface area contributed by atoms with Gasteiger partial charge in [0.25, 0.3) is 0 Å². The van der Waals surface area contributed by atoms with Crippen molar-refractivity contribution in [1.29, 1.82) is 0 Å². The second-order valence-electron chi connectivity index (χ2n) is 9.38.